The Labute approximate surface area is 98.5 Å². The molecule has 0 N–H and O–H groups in total. The second kappa shape index (κ2) is 3.89. The van der Waals surface area contributed by atoms with Gasteiger partial charge in [-0.3, -0.25) is 4.90 Å². The average molecular weight is 215 g/mol. The summed E-state index contributed by atoms with van der Waals surface area (Å²) in [6, 6.07) is 9.04. The van der Waals surface area contributed by atoms with E-state index in [1.54, 1.807) is 11.1 Å². The number of rotatable bonds is 1. The van der Waals surface area contributed by atoms with Crippen LogP contribution in [0, 0.1) is 0 Å². The van der Waals surface area contributed by atoms with Crippen molar-refractivity contribution in [3.63, 3.8) is 0 Å². The lowest BCUT2D eigenvalue weighted by Gasteiger charge is -2.41. The molecule has 0 radical (unpaired) electrons. The van der Waals surface area contributed by atoms with Gasteiger partial charge in [0.15, 0.2) is 0 Å². The lowest BCUT2D eigenvalue weighted by molar-refractivity contribution is 0.0799. The molecule has 0 amide bonds. The van der Waals surface area contributed by atoms with Gasteiger partial charge >= 0.3 is 0 Å². The monoisotopic (exact) mass is 215 g/mol. The molecular weight excluding hydrogens is 194 g/mol. The molecular formula is C15H21N. The minimum absolute atomic E-state index is 0.330. The van der Waals surface area contributed by atoms with Crippen molar-refractivity contribution in [1.82, 2.24) is 4.90 Å². The van der Waals surface area contributed by atoms with Crippen molar-refractivity contribution >= 4 is 0 Å². The van der Waals surface area contributed by atoms with Crippen molar-refractivity contribution in [3.05, 3.63) is 35.4 Å². The number of aryl methyl sites for hydroxylation is 1. The van der Waals surface area contributed by atoms with E-state index in [1.807, 2.05) is 0 Å². The van der Waals surface area contributed by atoms with Crippen LogP contribution in [0.5, 0.6) is 0 Å². The molecule has 2 aliphatic rings. The minimum atomic E-state index is 0.330. The topological polar surface area (TPSA) is 3.24 Å². The smallest absolute Gasteiger partial charge is 0.0438 e. The van der Waals surface area contributed by atoms with Crippen molar-refractivity contribution in [3.8, 4) is 0 Å². The Bertz CT molecular complexity index is 379. The molecule has 1 heterocycles. The predicted octanol–water partition coefficient (Wildman–Crippen LogP) is 3.33. The second-order valence-corrected chi connectivity index (χ2v) is 5.48. The zero-order valence-corrected chi connectivity index (χ0v) is 10.2. The molecule has 0 saturated carbocycles. The van der Waals surface area contributed by atoms with Gasteiger partial charge in [-0.25, -0.2) is 0 Å². The lowest BCUT2D eigenvalue weighted by Crippen LogP contribution is -2.45. The van der Waals surface area contributed by atoms with Crippen LogP contribution in [0.2, 0.25) is 0 Å². The molecule has 1 atom stereocenters. The van der Waals surface area contributed by atoms with Gasteiger partial charge in [0.2, 0.25) is 0 Å². The zero-order chi connectivity index (χ0) is 11.0. The Balaban J connectivity index is 1.94. The van der Waals surface area contributed by atoms with E-state index in [9.17, 15) is 0 Å². The lowest BCUT2D eigenvalue weighted by atomic mass is 9.90. The van der Waals surface area contributed by atoms with E-state index in [2.05, 4.69) is 36.1 Å². The summed E-state index contributed by atoms with van der Waals surface area (Å²) < 4.78 is 0. The summed E-state index contributed by atoms with van der Waals surface area (Å²) in [6.45, 7) is 5.04. The van der Waals surface area contributed by atoms with E-state index in [0.717, 1.165) is 0 Å². The first-order chi connectivity index (χ1) is 7.81. The molecule has 0 bridgehead atoms. The van der Waals surface area contributed by atoms with Gasteiger partial charge in [-0.05, 0) is 56.8 Å². The van der Waals surface area contributed by atoms with E-state index >= 15 is 0 Å². The number of hydrogen-bond donors (Lipinski definition) is 0. The van der Waals surface area contributed by atoms with Gasteiger partial charge in [-0.2, -0.15) is 0 Å². The summed E-state index contributed by atoms with van der Waals surface area (Å²) in [5.74, 6) is 0. The van der Waals surface area contributed by atoms with Crippen LogP contribution in [0.25, 0.3) is 0 Å². The highest BCUT2D eigenvalue weighted by atomic mass is 15.2. The summed E-state index contributed by atoms with van der Waals surface area (Å²) in [4.78, 5) is 2.72. The van der Waals surface area contributed by atoms with Crippen molar-refractivity contribution in [1.29, 1.82) is 0 Å². The summed E-state index contributed by atoms with van der Waals surface area (Å²) >= 11 is 0. The Morgan fingerprint density at radius 3 is 2.62 bits per heavy atom. The number of benzene rings is 1. The first kappa shape index (κ1) is 10.3. The van der Waals surface area contributed by atoms with Gasteiger partial charge in [0.25, 0.3) is 0 Å². The molecule has 86 valence electrons. The van der Waals surface area contributed by atoms with Gasteiger partial charge in [0.1, 0.15) is 0 Å². The standard InChI is InChI=1S/C15H21N/c1-15(16-11-5-2-6-12-16)10-9-13-7-3-4-8-14(13)15/h3-4,7-8H,2,5-6,9-12H2,1H3. The number of likely N-dealkylation sites (tertiary alicyclic amines) is 1. The SMILES string of the molecule is CC1(N2CCCCC2)CCc2ccccc21. The fourth-order valence-corrected chi connectivity index (χ4v) is 3.49. The highest BCUT2D eigenvalue weighted by molar-refractivity contribution is 5.38. The van der Waals surface area contributed by atoms with Crippen molar-refractivity contribution < 1.29 is 0 Å². The Morgan fingerprint density at radius 2 is 1.81 bits per heavy atom. The van der Waals surface area contributed by atoms with Crippen LogP contribution in [0.15, 0.2) is 24.3 Å². The van der Waals surface area contributed by atoms with Gasteiger partial charge in [0, 0.05) is 5.54 Å². The van der Waals surface area contributed by atoms with Crippen LogP contribution in [-0.4, -0.2) is 18.0 Å². The minimum Gasteiger partial charge on any atom is -0.294 e. The maximum atomic E-state index is 2.72. The Hall–Kier alpha value is -0.820. The molecule has 3 rings (SSSR count). The first-order valence-corrected chi connectivity index (χ1v) is 6.64. The van der Waals surface area contributed by atoms with Crippen molar-refractivity contribution in [2.75, 3.05) is 13.1 Å². The van der Waals surface area contributed by atoms with Gasteiger partial charge < -0.3 is 0 Å². The van der Waals surface area contributed by atoms with Gasteiger partial charge in [0.05, 0.1) is 0 Å². The van der Waals surface area contributed by atoms with Crippen LogP contribution < -0.4 is 0 Å². The largest absolute Gasteiger partial charge is 0.294 e. The van der Waals surface area contributed by atoms with E-state index in [-0.39, 0.29) is 0 Å². The van der Waals surface area contributed by atoms with E-state index in [1.165, 1.54) is 45.2 Å². The average Bonchev–Trinajstić information content (AvgIpc) is 2.71. The van der Waals surface area contributed by atoms with Crippen LogP contribution >= 0.6 is 0 Å². The molecule has 1 heteroatoms. The third kappa shape index (κ3) is 1.49. The summed E-state index contributed by atoms with van der Waals surface area (Å²) in [7, 11) is 0. The van der Waals surface area contributed by atoms with E-state index < -0.39 is 0 Å². The zero-order valence-electron chi connectivity index (χ0n) is 10.2. The quantitative estimate of drug-likeness (QED) is 0.694. The van der Waals surface area contributed by atoms with Gasteiger partial charge in [-0.15, -0.1) is 0 Å². The van der Waals surface area contributed by atoms with Crippen molar-refractivity contribution in [2.24, 2.45) is 0 Å². The first-order valence-electron chi connectivity index (χ1n) is 6.64. The predicted molar refractivity (Wildman–Crippen MR) is 67.5 cm³/mol. The summed E-state index contributed by atoms with van der Waals surface area (Å²) in [5.41, 5.74) is 3.50. The fraction of sp³-hybridized carbons (Fsp3) is 0.600. The second-order valence-electron chi connectivity index (χ2n) is 5.48. The fourth-order valence-electron chi connectivity index (χ4n) is 3.49. The summed E-state index contributed by atoms with van der Waals surface area (Å²) in [6.07, 6.45) is 6.78. The molecule has 1 aromatic rings. The molecule has 0 aromatic heterocycles. The molecule has 1 nitrogen and oxygen atoms in total. The number of nitrogens with zero attached hydrogens (tertiary/aromatic N) is 1. The highest BCUT2D eigenvalue weighted by Crippen LogP contribution is 2.42. The normalized spacial score (nSPS) is 30.3. The van der Waals surface area contributed by atoms with Crippen LogP contribution in [0.4, 0.5) is 0 Å². The Kier molecular flexibility index (Phi) is 2.51. The highest BCUT2D eigenvalue weighted by Gasteiger charge is 2.39. The molecule has 1 aliphatic carbocycles. The van der Waals surface area contributed by atoms with Crippen LogP contribution in [-0.2, 0) is 12.0 Å². The number of hydrogen-bond acceptors (Lipinski definition) is 1. The maximum absolute atomic E-state index is 2.72. The van der Waals surface area contributed by atoms with Crippen molar-refractivity contribution in [2.45, 2.75) is 44.6 Å². The van der Waals surface area contributed by atoms with E-state index in [0.29, 0.717) is 5.54 Å². The van der Waals surface area contributed by atoms with Gasteiger partial charge in [-0.1, -0.05) is 30.7 Å². The molecule has 1 saturated heterocycles. The molecule has 1 fully saturated rings. The molecule has 16 heavy (non-hydrogen) atoms. The maximum Gasteiger partial charge on any atom is 0.0438 e. The third-order valence-corrected chi connectivity index (χ3v) is 4.53. The Morgan fingerprint density at radius 1 is 1.06 bits per heavy atom. The number of fused-ring (bicyclic) bond motifs is 1. The van der Waals surface area contributed by atoms with Crippen LogP contribution in [0.3, 0.4) is 0 Å². The number of piperidine rings is 1. The molecule has 0 spiro atoms. The molecule has 1 aliphatic heterocycles. The third-order valence-electron chi connectivity index (χ3n) is 4.53. The molecule has 1 unspecified atom stereocenters. The van der Waals surface area contributed by atoms with Crippen LogP contribution in [0.1, 0.15) is 43.7 Å². The molecule has 1 aromatic carbocycles. The summed E-state index contributed by atoms with van der Waals surface area (Å²) in [5, 5.41) is 0. The van der Waals surface area contributed by atoms with E-state index in [4.69, 9.17) is 0 Å².